The molecule has 130 valence electrons. The molecule has 0 bridgehead atoms. The first-order chi connectivity index (χ1) is 10.7. The fraction of sp³-hybridized carbons (Fsp3) is 1.00. The van der Waals surface area contributed by atoms with Crippen molar-refractivity contribution in [3.63, 3.8) is 0 Å². The van der Waals surface area contributed by atoms with E-state index in [0.29, 0.717) is 6.10 Å². The second kappa shape index (κ2) is 9.96. The fourth-order valence-electron chi connectivity index (χ4n) is 4.88. The lowest BCUT2D eigenvalue weighted by Gasteiger charge is -2.50. The molecule has 1 aliphatic carbocycles. The predicted octanol–water partition coefficient (Wildman–Crippen LogP) is 6.60. The molecule has 1 aliphatic heterocycles. The summed E-state index contributed by atoms with van der Waals surface area (Å²) < 4.78 is 5.78. The Balaban J connectivity index is 1.56. The van der Waals surface area contributed by atoms with Crippen molar-refractivity contribution in [3.05, 3.63) is 0 Å². The Kier molecular flexibility index (Phi) is 8.28. The summed E-state index contributed by atoms with van der Waals surface area (Å²) in [6.45, 7) is 8.24. The van der Waals surface area contributed by atoms with Gasteiger partial charge in [-0.3, -0.25) is 0 Å². The molecule has 2 fully saturated rings. The van der Waals surface area contributed by atoms with Crippen LogP contribution in [0.3, 0.4) is 0 Å². The van der Waals surface area contributed by atoms with Crippen molar-refractivity contribution in [2.45, 2.75) is 104 Å². The molecule has 0 radical (unpaired) electrons. The van der Waals surface area contributed by atoms with Crippen LogP contribution in [0.2, 0.25) is 0 Å². The summed E-state index contributed by atoms with van der Waals surface area (Å²) in [5.74, 6) is 3.72. The summed E-state index contributed by atoms with van der Waals surface area (Å²) in [5.41, 5.74) is 0. The molecule has 1 nitrogen and oxygen atoms in total. The van der Waals surface area contributed by atoms with Crippen molar-refractivity contribution in [2.75, 3.05) is 6.61 Å². The SMILES string of the molecule is CCCCCCCCCCCC1C(C(C)C)CCC2OCC21. The lowest BCUT2D eigenvalue weighted by atomic mass is 9.63. The highest BCUT2D eigenvalue weighted by Crippen LogP contribution is 2.47. The summed E-state index contributed by atoms with van der Waals surface area (Å²) in [6.07, 6.45) is 17.9. The van der Waals surface area contributed by atoms with E-state index in [0.717, 1.165) is 30.3 Å². The molecule has 4 atom stereocenters. The van der Waals surface area contributed by atoms with Gasteiger partial charge in [0.25, 0.3) is 0 Å². The average molecular weight is 309 g/mol. The Bertz CT molecular complexity index is 286. The van der Waals surface area contributed by atoms with Gasteiger partial charge in [-0.15, -0.1) is 0 Å². The summed E-state index contributed by atoms with van der Waals surface area (Å²) in [7, 11) is 0. The van der Waals surface area contributed by atoms with Crippen LogP contribution in [-0.4, -0.2) is 12.7 Å². The van der Waals surface area contributed by atoms with E-state index in [-0.39, 0.29) is 0 Å². The van der Waals surface area contributed by atoms with Gasteiger partial charge in [0.2, 0.25) is 0 Å². The topological polar surface area (TPSA) is 9.23 Å². The lowest BCUT2D eigenvalue weighted by molar-refractivity contribution is -0.177. The van der Waals surface area contributed by atoms with Crippen molar-refractivity contribution < 1.29 is 4.74 Å². The first kappa shape index (κ1) is 18.3. The van der Waals surface area contributed by atoms with Crippen LogP contribution in [0.5, 0.6) is 0 Å². The van der Waals surface area contributed by atoms with Gasteiger partial charge in [0.15, 0.2) is 0 Å². The van der Waals surface area contributed by atoms with Gasteiger partial charge >= 0.3 is 0 Å². The summed E-state index contributed by atoms with van der Waals surface area (Å²) >= 11 is 0. The molecule has 0 amide bonds. The Morgan fingerprint density at radius 1 is 0.864 bits per heavy atom. The third-order valence-electron chi connectivity index (χ3n) is 6.36. The number of rotatable bonds is 11. The molecule has 0 aromatic heterocycles. The molecule has 0 spiro atoms. The highest BCUT2D eigenvalue weighted by molar-refractivity contribution is 4.93. The zero-order chi connectivity index (χ0) is 15.8. The van der Waals surface area contributed by atoms with Crippen LogP contribution in [0, 0.1) is 23.7 Å². The van der Waals surface area contributed by atoms with Gasteiger partial charge in [0.05, 0.1) is 12.7 Å². The Morgan fingerprint density at radius 2 is 1.50 bits per heavy atom. The molecule has 1 heterocycles. The zero-order valence-corrected chi connectivity index (χ0v) is 15.5. The van der Waals surface area contributed by atoms with Crippen molar-refractivity contribution in [1.29, 1.82) is 0 Å². The van der Waals surface area contributed by atoms with E-state index in [2.05, 4.69) is 20.8 Å². The van der Waals surface area contributed by atoms with Gasteiger partial charge in [0, 0.05) is 5.92 Å². The largest absolute Gasteiger partial charge is 0.377 e. The minimum Gasteiger partial charge on any atom is -0.377 e. The number of hydrogen-bond donors (Lipinski definition) is 0. The zero-order valence-electron chi connectivity index (χ0n) is 15.5. The van der Waals surface area contributed by atoms with E-state index >= 15 is 0 Å². The smallest absolute Gasteiger partial charge is 0.0628 e. The van der Waals surface area contributed by atoms with Gasteiger partial charge in [-0.1, -0.05) is 78.6 Å². The first-order valence-electron chi connectivity index (χ1n) is 10.4. The van der Waals surface area contributed by atoms with Crippen LogP contribution in [0.15, 0.2) is 0 Å². The standard InChI is InChI=1S/C21H40O/c1-4-5-6-7-8-9-10-11-12-13-19-18(17(2)3)14-15-21-20(19)16-22-21/h17-21H,4-16H2,1-3H3. The second-order valence-electron chi connectivity index (χ2n) is 8.30. The number of fused-ring (bicyclic) bond motifs is 1. The van der Waals surface area contributed by atoms with Crippen molar-refractivity contribution >= 4 is 0 Å². The summed E-state index contributed by atoms with van der Waals surface area (Å²) in [5, 5.41) is 0. The molecule has 1 saturated carbocycles. The van der Waals surface area contributed by atoms with Crippen molar-refractivity contribution in [2.24, 2.45) is 23.7 Å². The minimum absolute atomic E-state index is 0.638. The molecule has 0 aromatic rings. The molecule has 1 heteroatoms. The lowest BCUT2D eigenvalue weighted by Crippen LogP contribution is -2.51. The molecule has 0 N–H and O–H groups in total. The van der Waals surface area contributed by atoms with Crippen LogP contribution >= 0.6 is 0 Å². The molecule has 2 rings (SSSR count). The predicted molar refractivity (Wildman–Crippen MR) is 96.1 cm³/mol. The van der Waals surface area contributed by atoms with Crippen LogP contribution < -0.4 is 0 Å². The van der Waals surface area contributed by atoms with E-state index in [4.69, 9.17) is 4.74 Å². The number of hydrogen-bond acceptors (Lipinski definition) is 1. The fourth-order valence-corrected chi connectivity index (χ4v) is 4.88. The third kappa shape index (κ3) is 5.25. The number of unbranched alkanes of at least 4 members (excludes halogenated alkanes) is 8. The molecule has 0 aromatic carbocycles. The minimum atomic E-state index is 0.638. The first-order valence-corrected chi connectivity index (χ1v) is 10.4. The van der Waals surface area contributed by atoms with Gasteiger partial charge in [0.1, 0.15) is 0 Å². The maximum Gasteiger partial charge on any atom is 0.0628 e. The Hall–Kier alpha value is -0.0400. The third-order valence-corrected chi connectivity index (χ3v) is 6.36. The van der Waals surface area contributed by atoms with Crippen LogP contribution in [-0.2, 0) is 4.74 Å². The van der Waals surface area contributed by atoms with Crippen LogP contribution in [0.4, 0.5) is 0 Å². The monoisotopic (exact) mass is 308 g/mol. The molecule has 22 heavy (non-hydrogen) atoms. The van der Waals surface area contributed by atoms with Gasteiger partial charge in [-0.05, 0) is 37.0 Å². The van der Waals surface area contributed by atoms with E-state index in [1.54, 1.807) is 0 Å². The highest BCUT2D eigenvalue weighted by Gasteiger charge is 2.45. The number of ether oxygens (including phenoxy) is 1. The van der Waals surface area contributed by atoms with E-state index in [1.807, 2.05) is 0 Å². The maximum absolute atomic E-state index is 5.78. The van der Waals surface area contributed by atoms with Crippen LogP contribution in [0.1, 0.15) is 97.8 Å². The molecule has 1 saturated heterocycles. The van der Waals surface area contributed by atoms with E-state index < -0.39 is 0 Å². The van der Waals surface area contributed by atoms with E-state index in [9.17, 15) is 0 Å². The van der Waals surface area contributed by atoms with Crippen molar-refractivity contribution in [1.82, 2.24) is 0 Å². The normalized spacial score (nSPS) is 31.1. The molecule has 2 aliphatic rings. The summed E-state index contributed by atoms with van der Waals surface area (Å²) in [4.78, 5) is 0. The molecule has 4 unspecified atom stereocenters. The molecular weight excluding hydrogens is 268 g/mol. The van der Waals surface area contributed by atoms with Gasteiger partial charge < -0.3 is 4.74 Å². The maximum atomic E-state index is 5.78. The van der Waals surface area contributed by atoms with Gasteiger partial charge in [-0.25, -0.2) is 0 Å². The highest BCUT2D eigenvalue weighted by atomic mass is 16.5. The van der Waals surface area contributed by atoms with Crippen molar-refractivity contribution in [3.8, 4) is 0 Å². The second-order valence-corrected chi connectivity index (χ2v) is 8.30. The van der Waals surface area contributed by atoms with E-state index in [1.165, 1.54) is 77.0 Å². The molecular formula is C21H40O. The Morgan fingerprint density at radius 3 is 2.05 bits per heavy atom. The van der Waals surface area contributed by atoms with Gasteiger partial charge in [-0.2, -0.15) is 0 Å². The summed E-state index contributed by atoms with van der Waals surface area (Å²) in [6, 6.07) is 0. The van der Waals surface area contributed by atoms with Crippen LogP contribution in [0.25, 0.3) is 0 Å². The quantitative estimate of drug-likeness (QED) is 0.390. The Labute approximate surface area is 139 Å². The average Bonchev–Trinajstić information content (AvgIpc) is 2.46.